The van der Waals surface area contributed by atoms with E-state index in [0.29, 0.717) is 0 Å². The summed E-state index contributed by atoms with van der Waals surface area (Å²) in [5.41, 5.74) is 3.45. The molecule has 0 spiro atoms. The van der Waals surface area contributed by atoms with E-state index in [1.807, 2.05) is 30.2 Å². The average Bonchev–Trinajstić information content (AvgIpc) is 3.10. The fourth-order valence-electron chi connectivity index (χ4n) is 3.01. The molecule has 0 aliphatic carbocycles. The number of piperazine rings is 1. The topological polar surface area (TPSA) is 41.4 Å². The van der Waals surface area contributed by atoms with E-state index < -0.39 is 0 Å². The number of carbonyl (C=O) groups excluding carboxylic acids is 1. The Labute approximate surface area is 141 Å². The zero-order valence-electron chi connectivity index (χ0n) is 14.1. The maximum absolute atomic E-state index is 12.5. The summed E-state index contributed by atoms with van der Waals surface area (Å²) in [7, 11) is 0. The predicted octanol–water partition coefficient (Wildman–Crippen LogP) is 2.33. The van der Waals surface area contributed by atoms with Crippen LogP contribution in [0.4, 0.5) is 0 Å². The number of rotatable bonds is 4. The van der Waals surface area contributed by atoms with Crippen molar-refractivity contribution in [3.8, 4) is 0 Å². The van der Waals surface area contributed by atoms with E-state index in [2.05, 4.69) is 27.7 Å². The number of amides is 1. The van der Waals surface area contributed by atoms with Gasteiger partial charge in [0.25, 0.3) is 5.91 Å². The van der Waals surface area contributed by atoms with Gasteiger partial charge in [-0.2, -0.15) is 5.10 Å². The van der Waals surface area contributed by atoms with Crippen LogP contribution in [0.25, 0.3) is 0 Å². The van der Waals surface area contributed by atoms with E-state index >= 15 is 0 Å². The molecule has 0 saturated carbocycles. The third-order valence-electron chi connectivity index (χ3n) is 4.33. The van der Waals surface area contributed by atoms with Crippen LogP contribution < -0.4 is 0 Å². The highest BCUT2D eigenvalue weighted by Gasteiger charge is 2.22. The SMILES string of the molecule is Cc1csc(C(=O)N2CCN(CCn3nc(C)cc3C)CC2)c1. The largest absolute Gasteiger partial charge is 0.335 e. The number of hydrogen-bond acceptors (Lipinski definition) is 4. The van der Waals surface area contributed by atoms with E-state index in [-0.39, 0.29) is 5.91 Å². The van der Waals surface area contributed by atoms with Crippen LogP contribution in [0.1, 0.15) is 26.6 Å². The normalized spacial score (nSPS) is 16.0. The van der Waals surface area contributed by atoms with Crippen LogP contribution in [0.15, 0.2) is 17.5 Å². The van der Waals surface area contributed by atoms with Gasteiger partial charge in [-0.1, -0.05) is 0 Å². The lowest BCUT2D eigenvalue weighted by Gasteiger charge is -2.34. The second-order valence-corrected chi connectivity index (χ2v) is 7.18. The zero-order valence-corrected chi connectivity index (χ0v) is 14.9. The summed E-state index contributed by atoms with van der Waals surface area (Å²) >= 11 is 1.55. The molecule has 1 amide bonds. The molecule has 2 aromatic heterocycles. The number of aromatic nitrogens is 2. The Morgan fingerprint density at radius 2 is 1.87 bits per heavy atom. The van der Waals surface area contributed by atoms with Gasteiger partial charge in [0.15, 0.2) is 0 Å². The highest BCUT2D eigenvalue weighted by molar-refractivity contribution is 7.12. The Hall–Kier alpha value is -1.66. The monoisotopic (exact) mass is 332 g/mol. The van der Waals surface area contributed by atoms with Gasteiger partial charge >= 0.3 is 0 Å². The lowest BCUT2D eigenvalue weighted by molar-refractivity contribution is 0.0636. The summed E-state index contributed by atoms with van der Waals surface area (Å²) in [6.07, 6.45) is 0. The van der Waals surface area contributed by atoms with Crippen molar-refractivity contribution in [3.05, 3.63) is 39.3 Å². The van der Waals surface area contributed by atoms with Crippen LogP contribution >= 0.6 is 11.3 Å². The maximum Gasteiger partial charge on any atom is 0.264 e. The van der Waals surface area contributed by atoms with Crippen molar-refractivity contribution in [1.82, 2.24) is 19.6 Å². The van der Waals surface area contributed by atoms with Crippen molar-refractivity contribution in [1.29, 1.82) is 0 Å². The van der Waals surface area contributed by atoms with E-state index in [4.69, 9.17) is 0 Å². The molecule has 124 valence electrons. The first kappa shape index (κ1) is 16.2. The van der Waals surface area contributed by atoms with Crippen LogP contribution in [0, 0.1) is 20.8 Å². The molecular weight excluding hydrogens is 308 g/mol. The average molecular weight is 332 g/mol. The first-order valence-electron chi connectivity index (χ1n) is 8.11. The molecule has 1 aliphatic rings. The van der Waals surface area contributed by atoms with Crippen molar-refractivity contribution < 1.29 is 4.79 Å². The standard InChI is InChI=1S/C17H24N4OS/c1-13-10-16(23-12-13)17(22)20-7-4-19(5-8-20)6-9-21-15(3)11-14(2)18-21/h10-12H,4-9H2,1-3H3. The summed E-state index contributed by atoms with van der Waals surface area (Å²) in [6.45, 7) is 11.6. The van der Waals surface area contributed by atoms with Crippen LogP contribution in [0.3, 0.4) is 0 Å². The van der Waals surface area contributed by atoms with Crippen LogP contribution in [-0.2, 0) is 6.54 Å². The third-order valence-corrected chi connectivity index (χ3v) is 5.37. The lowest BCUT2D eigenvalue weighted by atomic mass is 10.2. The highest BCUT2D eigenvalue weighted by Crippen LogP contribution is 2.17. The van der Waals surface area contributed by atoms with E-state index in [9.17, 15) is 4.79 Å². The molecule has 0 unspecified atom stereocenters. The zero-order chi connectivity index (χ0) is 16.4. The fourth-order valence-corrected chi connectivity index (χ4v) is 3.88. The first-order valence-corrected chi connectivity index (χ1v) is 8.99. The van der Waals surface area contributed by atoms with Gasteiger partial charge in [0.05, 0.1) is 17.1 Å². The van der Waals surface area contributed by atoms with Crippen LogP contribution in [0.2, 0.25) is 0 Å². The van der Waals surface area contributed by atoms with E-state index in [1.165, 1.54) is 11.3 Å². The van der Waals surface area contributed by atoms with Gasteiger partial charge in [0.2, 0.25) is 0 Å². The van der Waals surface area contributed by atoms with Crippen molar-refractivity contribution in [2.24, 2.45) is 0 Å². The molecule has 1 saturated heterocycles. The maximum atomic E-state index is 12.5. The highest BCUT2D eigenvalue weighted by atomic mass is 32.1. The Balaban J connectivity index is 1.48. The molecule has 0 N–H and O–H groups in total. The van der Waals surface area contributed by atoms with Gasteiger partial charge in [0.1, 0.15) is 0 Å². The Kier molecular flexibility index (Phi) is 4.82. The summed E-state index contributed by atoms with van der Waals surface area (Å²) in [4.78, 5) is 17.7. The molecular formula is C17H24N4OS. The number of nitrogens with zero attached hydrogens (tertiary/aromatic N) is 4. The molecule has 5 nitrogen and oxygen atoms in total. The minimum atomic E-state index is 0.182. The molecule has 0 radical (unpaired) electrons. The van der Waals surface area contributed by atoms with Crippen molar-refractivity contribution in [2.75, 3.05) is 32.7 Å². The van der Waals surface area contributed by atoms with E-state index in [1.54, 1.807) is 11.3 Å². The second kappa shape index (κ2) is 6.84. The third kappa shape index (κ3) is 3.82. The number of hydrogen-bond donors (Lipinski definition) is 0. The Morgan fingerprint density at radius 3 is 2.43 bits per heavy atom. The molecule has 0 bridgehead atoms. The van der Waals surface area contributed by atoms with Gasteiger partial charge in [-0.3, -0.25) is 14.4 Å². The molecule has 1 aliphatic heterocycles. The molecule has 0 atom stereocenters. The van der Waals surface area contributed by atoms with Crippen molar-refractivity contribution in [3.63, 3.8) is 0 Å². The minimum Gasteiger partial charge on any atom is -0.335 e. The van der Waals surface area contributed by atoms with Gasteiger partial charge < -0.3 is 4.90 Å². The summed E-state index contributed by atoms with van der Waals surface area (Å²) in [5, 5.41) is 6.55. The van der Waals surface area contributed by atoms with E-state index in [0.717, 1.165) is 49.8 Å². The van der Waals surface area contributed by atoms with Crippen molar-refractivity contribution in [2.45, 2.75) is 27.3 Å². The molecule has 23 heavy (non-hydrogen) atoms. The van der Waals surface area contributed by atoms with Gasteiger partial charge in [-0.05, 0) is 43.8 Å². The minimum absolute atomic E-state index is 0.182. The number of carbonyl (C=O) groups is 1. The quantitative estimate of drug-likeness (QED) is 0.863. The number of thiophene rings is 1. The Bertz CT molecular complexity index is 683. The summed E-state index contributed by atoms with van der Waals surface area (Å²) < 4.78 is 2.07. The molecule has 3 heterocycles. The predicted molar refractivity (Wildman–Crippen MR) is 93.1 cm³/mol. The fraction of sp³-hybridized carbons (Fsp3) is 0.529. The summed E-state index contributed by atoms with van der Waals surface area (Å²) in [6, 6.07) is 4.10. The number of aryl methyl sites for hydroxylation is 3. The van der Waals surface area contributed by atoms with Gasteiger partial charge in [0, 0.05) is 38.4 Å². The molecule has 2 aromatic rings. The summed E-state index contributed by atoms with van der Waals surface area (Å²) in [5.74, 6) is 0.182. The lowest BCUT2D eigenvalue weighted by Crippen LogP contribution is -2.49. The molecule has 3 rings (SSSR count). The molecule has 6 heteroatoms. The van der Waals surface area contributed by atoms with Crippen LogP contribution in [0.5, 0.6) is 0 Å². The Morgan fingerprint density at radius 1 is 1.13 bits per heavy atom. The van der Waals surface area contributed by atoms with Gasteiger partial charge in [-0.15, -0.1) is 11.3 Å². The molecule has 1 fully saturated rings. The molecule has 0 aromatic carbocycles. The smallest absolute Gasteiger partial charge is 0.264 e. The van der Waals surface area contributed by atoms with Crippen molar-refractivity contribution >= 4 is 17.2 Å². The second-order valence-electron chi connectivity index (χ2n) is 6.27. The first-order chi connectivity index (χ1) is 11.0. The van der Waals surface area contributed by atoms with Gasteiger partial charge in [-0.25, -0.2) is 0 Å². The van der Waals surface area contributed by atoms with Crippen LogP contribution in [-0.4, -0.2) is 58.2 Å².